The van der Waals surface area contributed by atoms with Gasteiger partial charge in [-0.05, 0) is 36.2 Å². The van der Waals surface area contributed by atoms with Crippen molar-refractivity contribution in [3.63, 3.8) is 0 Å². The smallest absolute Gasteiger partial charge is 0.485 e. The summed E-state index contributed by atoms with van der Waals surface area (Å²) in [7, 11) is -6.09. The first-order valence-electron chi connectivity index (χ1n) is 12.7. The number of benzene rings is 4. The standard InChI is InChI=1S/C30H24NO4.CHF3O3S/c1-21-11-5-10-18-27(21)35-30(33)29-23-14-6-8-16-25(23)31(26-17-9-7-15-24(26)29)19-28(32)34-20-22-12-3-2-4-13-22;2-1(3,4)8(5,6)7/h2-18H,19-20H2,1H3;(H,5,6,7)/q+1;/p-1. The molecule has 5 rings (SSSR count). The number of hydrogen-bond acceptors (Lipinski definition) is 7. The van der Waals surface area contributed by atoms with Gasteiger partial charge in [0.15, 0.2) is 10.1 Å². The second-order valence-corrected chi connectivity index (χ2v) is 10.6. The highest BCUT2D eigenvalue weighted by atomic mass is 32.2. The Kier molecular flexibility index (Phi) is 9.42. The van der Waals surface area contributed by atoms with Crippen LogP contribution in [0.15, 0.2) is 103 Å². The van der Waals surface area contributed by atoms with E-state index >= 15 is 0 Å². The molecule has 0 unspecified atom stereocenters. The third-order valence-electron chi connectivity index (χ3n) is 6.24. The third-order valence-corrected chi connectivity index (χ3v) is 6.81. The highest BCUT2D eigenvalue weighted by Crippen LogP contribution is 2.27. The summed E-state index contributed by atoms with van der Waals surface area (Å²) in [5.41, 5.74) is -1.88. The van der Waals surface area contributed by atoms with Crippen LogP contribution in [0.5, 0.6) is 5.75 Å². The Morgan fingerprint density at radius 2 is 1.28 bits per heavy atom. The predicted molar refractivity (Wildman–Crippen MR) is 150 cm³/mol. The van der Waals surface area contributed by atoms with Gasteiger partial charge in [0.1, 0.15) is 12.4 Å². The monoisotopic (exact) mass is 611 g/mol. The number of halogens is 3. The molecule has 222 valence electrons. The molecule has 0 spiro atoms. The lowest BCUT2D eigenvalue weighted by Crippen LogP contribution is -2.41. The minimum absolute atomic E-state index is 0.0149. The number of aryl methyl sites for hydroxylation is 1. The van der Waals surface area contributed by atoms with Gasteiger partial charge in [0.25, 0.3) is 0 Å². The number of ether oxygens (including phenoxy) is 2. The molecule has 0 aliphatic rings. The van der Waals surface area contributed by atoms with E-state index < -0.39 is 21.6 Å². The predicted octanol–water partition coefficient (Wildman–Crippen LogP) is 5.60. The summed E-state index contributed by atoms with van der Waals surface area (Å²) in [6, 6.07) is 32.1. The molecule has 0 amide bonds. The van der Waals surface area contributed by atoms with Gasteiger partial charge >= 0.3 is 17.4 Å². The van der Waals surface area contributed by atoms with Gasteiger partial charge in [0.05, 0.1) is 16.3 Å². The molecule has 0 saturated carbocycles. The third kappa shape index (κ3) is 7.53. The normalized spacial score (nSPS) is 11.5. The minimum Gasteiger partial charge on any atom is -0.741 e. The highest BCUT2D eigenvalue weighted by Gasteiger charge is 2.37. The van der Waals surface area contributed by atoms with E-state index in [1.165, 1.54) is 0 Å². The topological polar surface area (TPSA) is 114 Å². The fourth-order valence-electron chi connectivity index (χ4n) is 4.24. The highest BCUT2D eigenvalue weighted by molar-refractivity contribution is 7.86. The Balaban J connectivity index is 0.000000467. The fourth-order valence-corrected chi connectivity index (χ4v) is 4.24. The van der Waals surface area contributed by atoms with Gasteiger partial charge in [-0.2, -0.15) is 17.7 Å². The van der Waals surface area contributed by atoms with Crippen molar-refractivity contribution in [2.75, 3.05) is 0 Å². The fraction of sp³-hybridized carbons (Fsp3) is 0.129. The van der Waals surface area contributed by atoms with Crippen LogP contribution in [-0.2, 0) is 32.8 Å². The number of nitrogens with zero attached hydrogens (tertiary/aromatic N) is 1. The van der Waals surface area contributed by atoms with Crippen LogP contribution in [0.2, 0.25) is 0 Å². The second kappa shape index (κ2) is 13.0. The zero-order chi connectivity index (χ0) is 31.2. The van der Waals surface area contributed by atoms with Crippen LogP contribution in [0.3, 0.4) is 0 Å². The van der Waals surface area contributed by atoms with Gasteiger partial charge in [-0.3, -0.25) is 0 Å². The summed E-state index contributed by atoms with van der Waals surface area (Å²) in [6.07, 6.45) is 0. The number of para-hydroxylation sites is 3. The average Bonchev–Trinajstić information content (AvgIpc) is 2.97. The van der Waals surface area contributed by atoms with Crippen molar-refractivity contribution in [1.82, 2.24) is 0 Å². The second-order valence-electron chi connectivity index (χ2n) is 9.20. The summed E-state index contributed by atoms with van der Waals surface area (Å²) in [5.74, 6) is -0.276. The summed E-state index contributed by atoms with van der Waals surface area (Å²) < 4.78 is 72.2. The Morgan fingerprint density at radius 3 is 1.81 bits per heavy atom. The van der Waals surface area contributed by atoms with Crippen molar-refractivity contribution in [3.05, 3.63) is 120 Å². The number of esters is 2. The van der Waals surface area contributed by atoms with E-state index in [9.17, 15) is 22.8 Å². The maximum Gasteiger partial charge on any atom is 0.485 e. The lowest BCUT2D eigenvalue weighted by molar-refractivity contribution is -0.633. The van der Waals surface area contributed by atoms with E-state index in [0.717, 1.165) is 22.2 Å². The van der Waals surface area contributed by atoms with E-state index in [-0.39, 0.29) is 19.1 Å². The van der Waals surface area contributed by atoms with Crippen molar-refractivity contribution in [3.8, 4) is 5.75 Å². The Hall–Kier alpha value is -4.81. The molecular weight excluding hydrogens is 587 g/mol. The number of hydrogen-bond donors (Lipinski definition) is 0. The van der Waals surface area contributed by atoms with Crippen molar-refractivity contribution in [2.45, 2.75) is 25.6 Å². The average molecular weight is 612 g/mol. The molecular formula is C31H24F3NO7S. The first kappa shape index (κ1) is 31.1. The quantitative estimate of drug-likeness (QED) is 0.0613. The van der Waals surface area contributed by atoms with Crippen molar-refractivity contribution in [2.24, 2.45) is 0 Å². The molecule has 12 heteroatoms. The van der Waals surface area contributed by atoms with Crippen LogP contribution < -0.4 is 9.30 Å². The molecule has 1 heterocycles. The van der Waals surface area contributed by atoms with Crippen LogP contribution in [0.25, 0.3) is 21.8 Å². The lowest BCUT2D eigenvalue weighted by atomic mass is 10.0. The van der Waals surface area contributed by atoms with Gasteiger partial charge in [0, 0.05) is 12.1 Å². The molecule has 0 radical (unpaired) electrons. The summed E-state index contributed by atoms with van der Waals surface area (Å²) >= 11 is 0. The lowest BCUT2D eigenvalue weighted by Gasteiger charge is -2.12. The van der Waals surface area contributed by atoms with Crippen LogP contribution in [-0.4, -0.2) is 30.4 Å². The number of pyridine rings is 1. The number of alkyl halides is 3. The van der Waals surface area contributed by atoms with E-state index in [0.29, 0.717) is 22.1 Å². The van der Waals surface area contributed by atoms with Crippen LogP contribution in [0.1, 0.15) is 21.5 Å². The Bertz CT molecular complexity index is 1840. The van der Waals surface area contributed by atoms with Gasteiger partial charge in [-0.25, -0.2) is 18.0 Å². The summed E-state index contributed by atoms with van der Waals surface area (Å²) in [6.45, 7) is 2.12. The van der Waals surface area contributed by atoms with Crippen molar-refractivity contribution < 1.29 is 49.8 Å². The molecule has 0 atom stereocenters. The summed E-state index contributed by atoms with van der Waals surface area (Å²) in [5, 5.41) is 1.42. The van der Waals surface area contributed by atoms with E-state index in [1.54, 1.807) is 6.07 Å². The molecule has 1 aromatic heterocycles. The van der Waals surface area contributed by atoms with Crippen molar-refractivity contribution >= 4 is 43.9 Å². The van der Waals surface area contributed by atoms with Crippen LogP contribution >= 0.6 is 0 Å². The molecule has 0 saturated heterocycles. The van der Waals surface area contributed by atoms with Crippen molar-refractivity contribution in [1.29, 1.82) is 0 Å². The van der Waals surface area contributed by atoms with Gasteiger partial charge in [-0.15, -0.1) is 0 Å². The number of fused-ring (bicyclic) bond motifs is 2. The first-order valence-corrected chi connectivity index (χ1v) is 14.1. The molecule has 0 aliphatic carbocycles. The van der Waals surface area contributed by atoms with Crippen LogP contribution in [0, 0.1) is 6.92 Å². The van der Waals surface area contributed by atoms with Gasteiger partial charge < -0.3 is 14.0 Å². The first-order chi connectivity index (χ1) is 20.4. The molecule has 0 aliphatic heterocycles. The van der Waals surface area contributed by atoms with Gasteiger partial charge in [0.2, 0.25) is 17.6 Å². The van der Waals surface area contributed by atoms with Gasteiger partial charge in [-0.1, -0.05) is 72.8 Å². The maximum atomic E-state index is 13.5. The molecule has 0 bridgehead atoms. The SMILES string of the molecule is Cc1ccccc1OC(=O)c1c2ccccc2[n+](CC(=O)OCc2ccccc2)c2ccccc12.O=S(=O)([O-])C(F)(F)F. The Labute approximate surface area is 244 Å². The maximum absolute atomic E-state index is 13.5. The largest absolute Gasteiger partial charge is 0.741 e. The zero-order valence-corrected chi connectivity index (χ0v) is 23.4. The van der Waals surface area contributed by atoms with E-state index in [2.05, 4.69) is 0 Å². The number of carbonyl (C=O) groups excluding carboxylic acids is 2. The molecule has 0 fully saturated rings. The number of rotatable bonds is 6. The molecule has 8 nitrogen and oxygen atoms in total. The van der Waals surface area contributed by atoms with Crippen LogP contribution in [0.4, 0.5) is 13.2 Å². The van der Waals surface area contributed by atoms with E-state index in [1.807, 2.05) is 109 Å². The van der Waals surface area contributed by atoms with E-state index in [4.69, 9.17) is 22.4 Å². The molecule has 4 aromatic carbocycles. The number of aromatic nitrogens is 1. The molecule has 0 N–H and O–H groups in total. The zero-order valence-electron chi connectivity index (χ0n) is 22.6. The number of carbonyl (C=O) groups is 2. The molecule has 5 aromatic rings. The minimum atomic E-state index is -6.09. The summed E-state index contributed by atoms with van der Waals surface area (Å²) in [4.78, 5) is 26.3. The Morgan fingerprint density at radius 1 is 0.791 bits per heavy atom. The molecule has 43 heavy (non-hydrogen) atoms.